The van der Waals surface area contributed by atoms with E-state index in [-0.39, 0.29) is 63.7 Å². The van der Waals surface area contributed by atoms with Crippen molar-refractivity contribution in [3.8, 4) is 12.1 Å². The zero-order valence-corrected chi connectivity index (χ0v) is 26.8. The van der Waals surface area contributed by atoms with Crippen LogP contribution in [0.4, 0.5) is 17.5 Å². The van der Waals surface area contributed by atoms with Crippen LogP contribution >= 0.6 is 23.2 Å². The van der Waals surface area contributed by atoms with Crippen LogP contribution in [0.25, 0.3) is 11.3 Å². The summed E-state index contributed by atoms with van der Waals surface area (Å²) in [4.78, 5) is 8.60. The van der Waals surface area contributed by atoms with Gasteiger partial charge >= 0.3 is 0 Å². The SMILES string of the molecule is Cc1nn2c(N)c(C#N)c(NCCc3ccn(C4CC[C@@H](c5nn6c(N)c(C#N)c(S(C)(=O)=O)nc6c5Cl)C4CO)n3)nc2c1Cl. The van der Waals surface area contributed by atoms with E-state index in [4.69, 9.17) is 39.8 Å². The Labute approximate surface area is 272 Å². The number of nitrogens with zero attached hydrogens (tertiary/aromatic N) is 10. The molecule has 3 atom stereocenters. The number of halogens is 2. The molecular weight excluding hydrogens is 657 g/mol. The molecule has 16 nitrogen and oxygen atoms in total. The number of nitrogens with one attached hydrogen (secondary N) is 1. The molecule has 0 aromatic carbocycles. The maximum absolute atomic E-state index is 12.3. The number of aliphatic hydroxyl groups excluding tert-OH is 1. The van der Waals surface area contributed by atoms with E-state index >= 15 is 0 Å². The van der Waals surface area contributed by atoms with E-state index in [0.717, 1.165) is 11.9 Å². The van der Waals surface area contributed by atoms with Gasteiger partial charge in [0.1, 0.15) is 50.8 Å². The molecule has 0 amide bonds. The second kappa shape index (κ2) is 11.6. The monoisotopic (exact) mass is 683 g/mol. The van der Waals surface area contributed by atoms with Gasteiger partial charge in [0.25, 0.3) is 0 Å². The Bertz CT molecular complexity index is 2230. The highest BCUT2D eigenvalue weighted by atomic mass is 35.5. The van der Waals surface area contributed by atoms with Gasteiger partial charge in [-0.1, -0.05) is 23.2 Å². The van der Waals surface area contributed by atoms with Crippen molar-refractivity contribution < 1.29 is 13.5 Å². The van der Waals surface area contributed by atoms with Gasteiger partial charge in [0.15, 0.2) is 26.2 Å². The van der Waals surface area contributed by atoms with Gasteiger partial charge in [0.05, 0.1) is 23.1 Å². The smallest absolute Gasteiger partial charge is 0.194 e. The van der Waals surface area contributed by atoms with Gasteiger partial charge in [0.2, 0.25) is 0 Å². The summed E-state index contributed by atoms with van der Waals surface area (Å²) in [5.74, 6) is -0.423. The van der Waals surface area contributed by atoms with E-state index in [1.165, 1.54) is 9.03 Å². The predicted molar refractivity (Wildman–Crippen MR) is 168 cm³/mol. The Kier molecular flexibility index (Phi) is 7.89. The number of hydrogen-bond acceptors (Lipinski definition) is 13. The molecule has 1 aliphatic carbocycles. The number of anilines is 3. The summed E-state index contributed by atoms with van der Waals surface area (Å²) in [6, 6.07) is 5.54. The van der Waals surface area contributed by atoms with Crippen molar-refractivity contribution in [2.24, 2.45) is 5.92 Å². The van der Waals surface area contributed by atoms with E-state index in [1.807, 2.05) is 12.3 Å². The Hall–Kier alpha value is -4.68. The zero-order chi connectivity index (χ0) is 33.1. The lowest BCUT2D eigenvalue weighted by atomic mass is 9.91. The number of rotatable bonds is 8. The van der Waals surface area contributed by atoms with Gasteiger partial charge in [-0.15, -0.1) is 0 Å². The van der Waals surface area contributed by atoms with Crippen molar-refractivity contribution in [2.75, 3.05) is 36.2 Å². The van der Waals surface area contributed by atoms with Crippen LogP contribution in [0, 0.1) is 35.5 Å². The molecule has 6 rings (SSSR count). The molecule has 19 heteroatoms. The van der Waals surface area contributed by atoms with Gasteiger partial charge in [0, 0.05) is 43.9 Å². The number of nitrogen functional groups attached to an aromatic ring is 2. The second-order valence-corrected chi connectivity index (χ2v) is 13.7. The summed E-state index contributed by atoms with van der Waals surface area (Å²) in [7, 11) is -3.88. The number of nitriles is 2. The summed E-state index contributed by atoms with van der Waals surface area (Å²) >= 11 is 13.0. The number of aliphatic hydroxyl groups is 1. The summed E-state index contributed by atoms with van der Waals surface area (Å²) in [6.07, 6.45) is 4.52. The molecule has 1 fully saturated rings. The molecule has 2 unspecified atom stereocenters. The second-order valence-electron chi connectivity index (χ2n) is 11.0. The van der Waals surface area contributed by atoms with E-state index in [1.54, 1.807) is 17.7 Å². The van der Waals surface area contributed by atoms with Crippen LogP contribution in [-0.2, 0) is 16.3 Å². The lowest BCUT2D eigenvalue weighted by Gasteiger charge is -2.22. The number of sulfone groups is 1. The average molecular weight is 685 g/mol. The molecule has 0 radical (unpaired) electrons. The fourth-order valence-electron chi connectivity index (χ4n) is 6.00. The van der Waals surface area contributed by atoms with Crippen molar-refractivity contribution in [3.63, 3.8) is 0 Å². The molecule has 1 aliphatic rings. The highest BCUT2D eigenvalue weighted by Crippen LogP contribution is 2.48. The van der Waals surface area contributed by atoms with Gasteiger partial charge in [-0.25, -0.2) is 18.4 Å². The molecule has 0 spiro atoms. The van der Waals surface area contributed by atoms with Crippen molar-refractivity contribution in [2.45, 2.75) is 43.2 Å². The first-order chi connectivity index (χ1) is 21.9. The fraction of sp³-hybridized carbons (Fsp3) is 0.370. The van der Waals surface area contributed by atoms with Crippen molar-refractivity contribution >= 4 is 61.8 Å². The molecule has 1 saturated carbocycles. The zero-order valence-electron chi connectivity index (χ0n) is 24.5. The fourth-order valence-corrected chi connectivity index (χ4v) is 7.24. The third kappa shape index (κ3) is 5.01. The van der Waals surface area contributed by atoms with Gasteiger partial charge in [-0.2, -0.15) is 34.9 Å². The van der Waals surface area contributed by atoms with Crippen molar-refractivity contribution in [1.82, 2.24) is 39.0 Å². The Morgan fingerprint density at radius 2 is 1.72 bits per heavy atom. The third-order valence-corrected chi connectivity index (χ3v) is 10.0. The minimum absolute atomic E-state index is 0.0168. The van der Waals surface area contributed by atoms with Crippen LogP contribution in [0.2, 0.25) is 10.0 Å². The molecule has 0 bridgehead atoms. The maximum Gasteiger partial charge on any atom is 0.194 e. The standard InChI is InChI=1S/C27H27Cl2N13O3S/c1-12-19(28)25-35-24(15(9-30)22(32)41(25)37-12)34-7-5-13-6-8-40(38-13)18-4-3-14(17(18)11-43)21-20(29)26-36-27(46(2,44)45)16(10-31)23(33)42(26)39-21/h6,8,14,17-18,43H,3-5,7,11,32-33H2,1-2H3,(H,34,35)/t14-,17?,18?/m1/s1. The first-order valence-electron chi connectivity index (χ1n) is 14.0. The lowest BCUT2D eigenvalue weighted by Crippen LogP contribution is -2.22. The average Bonchev–Trinajstić information content (AvgIpc) is 3.79. The number of aryl methyl sites for hydroxylation is 1. The third-order valence-electron chi connectivity index (χ3n) is 8.24. The van der Waals surface area contributed by atoms with Crippen LogP contribution in [-0.4, -0.2) is 71.9 Å². The Balaban J connectivity index is 1.21. The molecule has 238 valence electrons. The first-order valence-corrected chi connectivity index (χ1v) is 16.6. The maximum atomic E-state index is 12.3. The van der Waals surface area contributed by atoms with E-state index in [9.17, 15) is 24.0 Å². The highest BCUT2D eigenvalue weighted by Gasteiger charge is 2.41. The molecule has 6 N–H and O–H groups in total. The molecule has 5 aromatic rings. The lowest BCUT2D eigenvalue weighted by molar-refractivity contribution is 0.177. The van der Waals surface area contributed by atoms with Crippen molar-refractivity contribution in [1.29, 1.82) is 10.5 Å². The van der Waals surface area contributed by atoms with Crippen LogP contribution in [0.5, 0.6) is 0 Å². The number of aromatic nitrogens is 8. The van der Waals surface area contributed by atoms with Gasteiger partial charge in [-0.3, -0.25) is 4.68 Å². The van der Waals surface area contributed by atoms with Crippen LogP contribution < -0.4 is 16.8 Å². The minimum atomic E-state index is -3.88. The Morgan fingerprint density at radius 3 is 2.39 bits per heavy atom. The van der Waals surface area contributed by atoms with Crippen LogP contribution in [0.1, 0.15) is 53.0 Å². The van der Waals surface area contributed by atoms with Crippen molar-refractivity contribution in [3.05, 3.63) is 50.5 Å². The van der Waals surface area contributed by atoms with E-state index in [2.05, 4.69) is 31.6 Å². The van der Waals surface area contributed by atoms with Crippen LogP contribution in [0.15, 0.2) is 17.3 Å². The molecular formula is C27H27Cl2N13O3S. The molecule has 5 aromatic heterocycles. The largest absolute Gasteiger partial charge is 0.396 e. The summed E-state index contributed by atoms with van der Waals surface area (Å²) < 4.78 is 28.9. The molecule has 0 aliphatic heterocycles. The predicted octanol–water partition coefficient (Wildman–Crippen LogP) is 2.28. The summed E-state index contributed by atoms with van der Waals surface area (Å²) in [6.45, 7) is 1.92. The first kappa shape index (κ1) is 31.3. The van der Waals surface area contributed by atoms with Gasteiger partial charge < -0.3 is 21.9 Å². The number of nitrogens with two attached hydrogens (primary N) is 2. The summed E-state index contributed by atoms with van der Waals surface area (Å²) in [5, 5.41) is 46.4. The molecule has 5 heterocycles. The molecule has 46 heavy (non-hydrogen) atoms. The Morgan fingerprint density at radius 1 is 1.04 bits per heavy atom. The van der Waals surface area contributed by atoms with E-state index in [0.29, 0.717) is 47.9 Å². The van der Waals surface area contributed by atoms with Crippen LogP contribution in [0.3, 0.4) is 0 Å². The topological polar surface area (TPSA) is 244 Å². The number of hydrogen-bond donors (Lipinski definition) is 4. The summed E-state index contributed by atoms with van der Waals surface area (Å²) in [5.41, 5.74) is 14.2. The quantitative estimate of drug-likeness (QED) is 0.172. The minimum Gasteiger partial charge on any atom is -0.396 e. The normalized spacial score (nSPS) is 18.3. The molecule has 0 saturated heterocycles. The highest BCUT2D eigenvalue weighted by molar-refractivity contribution is 7.90. The van der Waals surface area contributed by atoms with Gasteiger partial charge in [-0.05, 0) is 25.8 Å². The number of fused-ring (bicyclic) bond motifs is 2. The van der Waals surface area contributed by atoms with E-state index < -0.39 is 14.9 Å².